The molecule has 0 saturated carbocycles. The van der Waals surface area contributed by atoms with E-state index in [1.807, 2.05) is 0 Å². The van der Waals surface area contributed by atoms with Gasteiger partial charge in [0.25, 0.3) is 0 Å². The molecule has 1 aromatic carbocycles. The standard InChI is InChI=1S/C11H6ClF2N3/c1-4-15-9-8-6(14)2-5(13)3-7(8)17-10(9)11(12)16-4/h2-3,17H,1H3. The van der Waals surface area contributed by atoms with E-state index in [1.165, 1.54) is 6.07 Å². The highest BCUT2D eigenvalue weighted by Gasteiger charge is 2.15. The second-order valence-electron chi connectivity index (χ2n) is 3.72. The summed E-state index contributed by atoms with van der Waals surface area (Å²) in [6.07, 6.45) is 0. The maximum atomic E-state index is 13.7. The summed E-state index contributed by atoms with van der Waals surface area (Å²) in [4.78, 5) is 10.9. The van der Waals surface area contributed by atoms with Crippen LogP contribution in [0.4, 0.5) is 8.78 Å². The molecule has 0 atom stereocenters. The van der Waals surface area contributed by atoms with Crippen LogP contribution in [0.3, 0.4) is 0 Å². The van der Waals surface area contributed by atoms with Gasteiger partial charge in [-0.05, 0) is 13.0 Å². The maximum absolute atomic E-state index is 13.7. The molecule has 3 aromatic rings. The number of aryl methyl sites for hydroxylation is 1. The lowest BCUT2D eigenvalue weighted by molar-refractivity contribution is 0.592. The van der Waals surface area contributed by atoms with Gasteiger partial charge in [-0.25, -0.2) is 18.7 Å². The molecule has 0 fully saturated rings. The normalized spacial score (nSPS) is 11.5. The summed E-state index contributed by atoms with van der Waals surface area (Å²) in [6.45, 7) is 1.66. The van der Waals surface area contributed by atoms with Crippen molar-refractivity contribution in [3.05, 3.63) is 34.7 Å². The highest BCUT2D eigenvalue weighted by atomic mass is 35.5. The topological polar surface area (TPSA) is 41.6 Å². The Balaban J connectivity index is 2.60. The molecule has 86 valence electrons. The molecule has 0 bridgehead atoms. The lowest BCUT2D eigenvalue weighted by Gasteiger charge is -1.96. The van der Waals surface area contributed by atoms with Gasteiger partial charge >= 0.3 is 0 Å². The van der Waals surface area contributed by atoms with E-state index in [-0.39, 0.29) is 10.5 Å². The van der Waals surface area contributed by atoms with Crippen molar-refractivity contribution in [1.29, 1.82) is 0 Å². The third-order valence-corrected chi connectivity index (χ3v) is 2.80. The third-order valence-electron chi connectivity index (χ3n) is 2.53. The van der Waals surface area contributed by atoms with Crippen molar-refractivity contribution >= 4 is 33.5 Å². The highest BCUT2D eigenvalue weighted by molar-refractivity contribution is 6.34. The van der Waals surface area contributed by atoms with E-state index in [1.54, 1.807) is 6.92 Å². The molecule has 1 N–H and O–H groups in total. The van der Waals surface area contributed by atoms with Gasteiger partial charge in [0.05, 0.1) is 10.9 Å². The molecule has 0 aliphatic carbocycles. The fourth-order valence-corrected chi connectivity index (χ4v) is 2.14. The summed E-state index contributed by atoms with van der Waals surface area (Å²) in [7, 11) is 0. The lowest BCUT2D eigenvalue weighted by Crippen LogP contribution is -1.89. The van der Waals surface area contributed by atoms with Crippen molar-refractivity contribution in [3.63, 3.8) is 0 Å². The highest BCUT2D eigenvalue weighted by Crippen LogP contribution is 2.30. The summed E-state index contributed by atoms with van der Waals surface area (Å²) >= 11 is 5.93. The van der Waals surface area contributed by atoms with Gasteiger partial charge in [-0.1, -0.05) is 11.6 Å². The van der Waals surface area contributed by atoms with Crippen LogP contribution in [0.15, 0.2) is 12.1 Å². The van der Waals surface area contributed by atoms with Crippen molar-refractivity contribution in [3.8, 4) is 0 Å². The number of aromatic amines is 1. The van der Waals surface area contributed by atoms with E-state index in [0.29, 0.717) is 22.4 Å². The van der Waals surface area contributed by atoms with Crippen molar-refractivity contribution in [1.82, 2.24) is 15.0 Å². The second kappa shape index (κ2) is 3.37. The van der Waals surface area contributed by atoms with Crippen LogP contribution in [0.25, 0.3) is 21.9 Å². The van der Waals surface area contributed by atoms with Crippen LogP contribution in [0, 0.1) is 18.6 Å². The molecule has 0 amide bonds. The van der Waals surface area contributed by atoms with Gasteiger partial charge in [0.15, 0.2) is 5.15 Å². The molecule has 0 spiro atoms. The van der Waals surface area contributed by atoms with E-state index in [9.17, 15) is 8.78 Å². The summed E-state index contributed by atoms with van der Waals surface area (Å²) in [5.41, 5.74) is 1.10. The molecule has 0 radical (unpaired) electrons. The minimum atomic E-state index is -0.666. The van der Waals surface area contributed by atoms with Crippen molar-refractivity contribution in [2.24, 2.45) is 0 Å². The summed E-state index contributed by atoms with van der Waals surface area (Å²) in [5, 5.41) is 0.428. The van der Waals surface area contributed by atoms with E-state index in [2.05, 4.69) is 15.0 Å². The van der Waals surface area contributed by atoms with Gasteiger partial charge in [-0.2, -0.15) is 0 Å². The summed E-state index contributed by atoms with van der Waals surface area (Å²) in [6, 6.07) is 2.02. The first-order valence-electron chi connectivity index (χ1n) is 4.87. The van der Waals surface area contributed by atoms with E-state index in [4.69, 9.17) is 11.6 Å². The first kappa shape index (κ1) is 10.4. The second-order valence-corrected chi connectivity index (χ2v) is 4.08. The van der Waals surface area contributed by atoms with Crippen LogP contribution in [-0.4, -0.2) is 15.0 Å². The monoisotopic (exact) mass is 253 g/mol. The molecule has 6 heteroatoms. The molecule has 0 aliphatic rings. The quantitative estimate of drug-likeness (QED) is 0.624. The number of fused-ring (bicyclic) bond motifs is 3. The molecule has 17 heavy (non-hydrogen) atoms. The average Bonchev–Trinajstić information content (AvgIpc) is 2.56. The van der Waals surface area contributed by atoms with Crippen molar-refractivity contribution in [2.45, 2.75) is 6.92 Å². The SMILES string of the molecule is Cc1nc(Cl)c2[nH]c3cc(F)cc(F)c3c2n1. The van der Waals surface area contributed by atoms with Crippen molar-refractivity contribution in [2.75, 3.05) is 0 Å². The van der Waals surface area contributed by atoms with Crippen LogP contribution < -0.4 is 0 Å². The predicted molar refractivity (Wildman–Crippen MR) is 61.1 cm³/mol. The molecule has 3 rings (SSSR count). The Morgan fingerprint density at radius 2 is 2.00 bits per heavy atom. The zero-order valence-corrected chi connectivity index (χ0v) is 9.44. The third kappa shape index (κ3) is 1.46. The minimum Gasteiger partial charge on any atom is -0.350 e. The van der Waals surface area contributed by atoms with Gasteiger partial charge in [0, 0.05) is 6.07 Å². The molecule has 0 unspecified atom stereocenters. The number of nitrogens with one attached hydrogen (secondary N) is 1. The van der Waals surface area contributed by atoms with Gasteiger partial charge in [0.1, 0.15) is 28.5 Å². The Hall–Kier alpha value is -1.75. The number of hydrogen-bond acceptors (Lipinski definition) is 2. The molecular weight excluding hydrogens is 248 g/mol. The van der Waals surface area contributed by atoms with Gasteiger partial charge < -0.3 is 4.98 Å². The molecular formula is C11H6ClF2N3. The number of halogens is 3. The number of nitrogens with zero attached hydrogens (tertiary/aromatic N) is 2. The van der Waals surface area contributed by atoms with E-state index < -0.39 is 11.6 Å². The van der Waals surface area contributed by atoms with Crippen LogP contribution >= 0.6 is 11.6 Å². The Bertz CT molecular complexity index is 751. The summed E-state index contributed by atoms with van der Waals surface area (Å²) in [5.74, 6) is -0.880. The minimum absolute atomic E-state index is 0.198. The molecule has 3 nitrogen and oxygen atoms in total. The smallest absolute Gasteiger partial charge is 0.156 e. The molecule has 2 heterocycles. The largest absolute Gasteiger partial charge is 0.350 e. The van der Waals surface area contributed by atoms with Crippen LogP contribution in [0.5, 0.6) is 0 Å². The molecule has 2 aromatic heterocycles. The number of H-pyrrole nitrogens is 1. The lowest BCUT2D eigenvalue weighted by atomic mass is 10.2. The van der Waals surface area contributed by atoms with Gasteiger partial charge in [0.2, 0.25) is 0 Å². The first-order valence-corrected chi connectivity index (χ1v) is 5.24. The first-order chi connectivity index (χ1) is 8.06. The Labute approximate surface area is 99.4 Å². The average molecular weight is 254 g/mol. The number of rotatable bonds is 0. The van der Waals surface area contributed by atoms with Crippen LogP contribution in [0.1, 0.15) is 5.82 Å². The zero-order valence-electron chi connectivity index (χ0n) is 8.68. The number of aromatic nitrogens is 3. The maximum Gasteiger partial charge on any atom is 0.156 e. The Morgan fingerprint density at radius 3 is 2.76 bits per heavy atom. The Morgan fingerprint density at radius 1 is 1.24 bits per heavy atom. The summed E-state index contributed by atoms with van der Waals surface area (Å²) < 4.78 is 26.8. The zero-order chi connectivity index (χ0) is 12.2. The predicted octanol–water partition coefficient (Wildman–Crippen LogP) is 3.35. The molecule has 0 aliphatic heterocycles. The van der Waals surface area contributed by atoms with Gasteiger partial charge in [-0.3, -0.25) is 0 Å². The fraction of sp³-hybridized carbons (Fsp3) is 0.0909. The Kier molecular flexibility index (Phi) is 2.06. The van der Waals surface area contributed by atoms with E-state index >= 15 is 0 Å². The van der Waals surface area contributed by atoms with Crippen molar-refractivity contribution < 1.29 is 8.78 Å². The van der Waals surface area contributed by atoms with Gasteiger partial charge in [-0.15, -0.1) is 0 Å². The van der Waals surface area contributed by atoms with E-state index in [0.717, 1.165) is 6.07 Å². The fourth-order valence-electron chi connectivity index (χ4n) is 1.88. The number of hydrogen-bond donors (Lipinski definition) is 1. The van der Waals surface area contributed by atoms with Crippen LogP contribution in [0.2, 0.25) is 5.15 Å². The number of benzene rings is 1. The molecule has 0 saturated heterocycles. The van der Waals surface area contributed by atoms with Crippen LogP contribution in [-0.2, 0) is 0 Å².